The summed E-state index contributed by atoms with van der Waals surface area (Å²) in [5.74, 6) is 0.513. The van der Waals surface area contributed by atoms with E-state index in [2.05, 4.69) is 25.9 Å². The van der Waals surface area contributed by atoms with Gasteiger partial charge in [-0.2, -0.15) is 0 Å². The van der Waals surface area contributed by atoms with Crippen LogP contribution in [0.5, 0.6) is 0 Å². The maximum atomic E-state index is 5.55. The van der Waals surface area contributed by atoms with Crippen LogP contribution in [0.4, 0.5) is 0 Å². The van der Waals surface area contributed by atoms with Crippen LogP contribution in [0.1, 0.15) is 20.8 Å². The zero-order chi connectivity index (χ0) is 10.1. The number of hydrogen-bond donors (Lipinski definition) is 1. The van der Waals surface area contributed by atoms with Crippen molar-refractivity contribution in [2.24, 2.45) is 11.3 Å². The minimum atomic E-state index is -2.12. The fraction of sp³-hybridized carbons (Fsp3) is 1.00. The minimum absolute atomic E-state index is 0.265. The molecule has 1 aliphatic heterocycles. The molecule has 3 nitrogen and oxygen atoms in total. The summed E-state index contributed by atoms with van der Waals surface area (Å²) in [4.78, 5) is 0. The molecule has 1 N–H and O–H groups in total. The molecule has 0 saturated carbocycles. The van der Waals surface area contributed by atoms with Gasteiger partial charge in [0.25, 0.3) is 6.64 Å². The quantitative estimate of drug-likeness (QED) is 0.690. The standard InChI is InChI=1S/C8H18NO2PS/c1-8(2,3)7-5-9-12(13,10-4)11-6-7/h7H,5-6H2,1-4H3,(H,9,13)/t7-,12+/m1/s1. The summed E-state index contributed by atoms with van der Waals surface area (Å²) < 4.78 is 10.7. The molecular formula is C8H18NO2PS. The summed E-state index contributed by atoms with van der Waals surface area (Å²) in [5, 5.41) is 3.18. The molecule has 0 unspecified atom stereocenters. The van der Waals surface area contributed by atoms with Gasteiger partial charge in [0.2, 0.25) is 0 Å². The highest BCUT2D eigenvalue weighted by Crippen LogP contribution is 2.48. The van der Waals surface area contributed by atoms with Gasteiger partial charge in [-0.1, -0.05) is 20.8 Å². The third kappa shape index (κ3) is 3.00. The Bertz CT molecular complexity index is 215. The lowest BCUT2D eigenvalue weighted by Crippen LogP contribution is -2.38. The van der Waals surface area contributed by atoms with Crippen LogP contribution >= 0.6 is 6.64 Å². The SMILES string of the molecule is CO[P@@]1(=S)NC[C@@H](C(C)(C)C)CO1. The molecule has 0 bridgehead atoms. The molecule has 1 saturated heterocycles. The van der Waals surface area contributed by atoms with E-state index in [0.29, 0.717) is 12.5 Å². The van der Waals surface area contributed by atoms with Gasteiger partial charge in [-0.05, 0) is 17.2 Å². The van der Waals surface area contributed by atoms with Crippen molar-refractivity contribution in [2.75, 3.05) is 20.3 Å². The van der Waals surface area contributed by atoms with Gasteiger partial charge in [0.1, 0.15) is 0 Å². The van der Waals surface area contributed by atoms with Crippen molar-refractivity contribution in [1.29, 1.82) is 0 Å². The molecule has 0 aromatic heterocycles. The molecular weight excluding hydrogens is 205 g/mol. The first-order chi connectivity index (χ1) is 5.87. The molecule has 0 spiro atoms. The largest absolute Gasteiger partial charge is 0.321 e. The number of nitrogens with one attached hydrogen (secondary N) is 1. The Hall–Kier alpha value is 0.530. The van der Waals surface area contributed by atoms with Gasteiger partial charge in [-0.15, -0.1) is 0 Å². The molecule has 2 atom stereocenters. The predicted molar refractivity (Wildman–Crippen MR) is 58.2 cm³/mol. The molecule has 78 valence electrons. The molecule has 1 rings (SSSR count). The van der Waals surface area contributed by atoms with Crippen molar-refractivity contribution in [3.63, 3.8) is 0 Å². The van der Waals surface area contributed by atoms with Gasteiger partial charge in [-0.3, -0.25) is 0 Å². The lowest BCUT2D eigenvalue weighted by Gasteiger charge is -2.38. The van der Waals surface area contributed by atoms with E-state index < -0.39 is 6.64 Å². The maximum absolute atomic E-state index is 5.55. The molecule has 1 aliphatic rings. The van der Waals surface area contributed by atoms with Crippen LogP contribution in [0.3, 0.4) is 0 Å². The Morgan fingerprint density at radius 3 is 2.46 bits per heavy atom. The molecule has 0 aliphatic carbocycles. The highest BCUT2D eigenvalue weighted by atomic mass is 32.5. The van der Waals surface area contributed by atoms with Gasteiger partial charge < -0.3 is 9.05 Å². The zero-order valence-corrected chi connectivity index (χ0v) is 10.4. The van der Waals surface area contributed by atoms with Crippen molar-refractivity contribution in [1.82, 2.24) is 5.09 Å². The summed E-state index contributed by atoms with van der Waals surface area (Å²) in [6.07, 6.45) is 0. The average Bonchev–Trinajstić information content (AvgIpc) is 2.04. The summed E-state index contributed by atoms with van der Waals surface area (Å²) >= 11 is 5.19. The Labute approximate surface area is 85.4 Å². The normalized spacial score (nSPS) is 36.2. The fourth-order valence-electron chi connectivity index (χ4n) is 1.19. The Morgan fingerprint density at radius 1 is 1.54 bits per heavy atom. The molecule has 5 heteroatoms. The average molecular weight is 223 g/mol. The van der Waals surface area contributed by atoms with Crippen LogP contribution in [0.25, 0.3) is 0 Å². The predicted octanol–water partition coefficient (Wildman–Crippen LogP) is 2.14. The Kier molecular flexibility index (Phi) is 3.53. The van der Waals surface area contributed by atoms with Crippen LogP contribution in [0.2, 0.25) is 0 Å². The molecule has 0 aromatic rings. The Balaban J connectivity index is 2.53. The van der Waals surface area contributed by atoms with E-state index in [0.717, 1.165) is 6.54 Å². The zero-order valence-electron chi connectivity index (χ0n) is 8.66. The summed E-state index contributed by atoms with van der Waals surface area (Å²) in [7, 11) is 1.60. The van der Waals surface area contributed by atoms with E-state index in [-0.39, 0.29) is 5.41 Å². The monoisotopic (exact) mass is 223 g/mol. The lowest BCUT2D eigenvalue weighted by molar-refractivity contribution is 0.120. The minimum Gasteiger partial charge on any atom is -0.321 e. The van der Waals surface area contributed by atoms with E-state index >= 15 is 0 Å². The van der Waals surface area contributed by atoms with Crippen molar-refractivity contribution in [2.45, 2.75) is 20.8 Å². The topological polar surface area (TPSA) is 30.5 Å². The van der Waals surface area contributed by atoms with E-state index in [1.54, 1.807) is 7.11 Å². The van der Waals surface area contributed by atoms with Crippen molar-refractivity contribution in [3.8, 4) is 0 Å². The first-order valence-electron chi connectivity index (χ1n) is 4.43. The third-order valence-electron chi connectivity index (χ3n) is 2.44. The molecule has 1 heterocycles. The molecule has 0 radical (unpaired) electrons. The van der Waals surface area contributed by atoms with Crippen LogP contribution < -0.4 is 5.09 Å². The van der Waals surface area contributed by atoms with E-state index in [1.807, 2.05) is 0 Å². The van der Waals surface area contributed by atoms with Crippen LogP contribution in [-0.4, -0.2) is 20.3 Å². The second kappa shape index (κ2) is 3.95. The highest BCUT2D eigenvalue weighted by molar-refractivity contribution is 8.09. The lowest BCUT2D eigenvalue weighted by atomic mass is 9.81. The maximum Gasteiger partial charge on any atom is 0.260 e. The molecule has 0 aromatic carbocycles. The first-order valence-corrected chi connectivity index (χ1v) is 7.07. The number of hydrogen-bond acceptors (Lipinski definition) is 3. The van der Waals surface area contributed by atoms with Crippen LogP contribution in [0.15, 0.2) is 0 Å². The third-order valence-corrected chi connectivity index (χ3v) is 5.13. The summed E-state index contributed by atoms with van der Waals surface area (Å²) in [6, 6.07) is 0. The smallest absolute Gasteiger partial charge is 0.260 e. The summed E-state index contributed by atoms with van der Waals surface area (Å²) in [5.41, 5.74) is 0.265. The Morgan fingerprint density at radius 2 is 2.15 bits per heavy atom. The highest BCUT2D eigenvalue weighted by Gasteiger charge is 2.33. The van der Waals surface area contributed by atoms with E-state index in [1.165, 1.54) is 0 Å². The second-order valence-electron chi connectivity index (χ2n) is 4.40. The summed E-state index contributed by atoms with van der Waals surface area (Å²) in [6.45, 7) is 6.13. The van der Waals surface area contributed by atoms with Crippen LogP contribution in [0, 0.1) is 11.3 Å². The van der Waals surface area contributed by atoms with Gasteiger partial charge in [0.05, 0.1) is 6.61 Å². The van der Waals surface area contributed by atoms with Crippen molar-refractivity contribution >= 4 is 18.4 Å². The molecule has 1 fully saturated rings. The van der Waals surface area contributed by atoms with Gasteiger partial charge in [-0.25, -0.2) is 5.09 Å². The van der Waals surface area contributed by atoms with E-state index in [4.69, 9.17) is 20.9 Å². The number of rotatable bonds is 1. The van der Waals surface area contributed by atoms with Crippen LogP contribution in [-0.2, 0) is 20.9 Å². The van der Waals surface area contributed by atoms with E-state index in [9.17, 15) is 0 Å². The van der Waals surface area contributed by atoms with Gasteiger partial charge in [0.15, 0.2) is 0 Å². The first kappa shape index (κ1) is 11.6. The van der Waals surface area contributed by atoms with Crippen molar-refractivity contribution < 1.29 is 9.05 Å². The fourth-order valence-corrected chi connectivity index (χ4v) is 2.74. The second-order valence-corrected chi connectivity index (χ2v) is 7.78. The van der Waals surface area contributed by atoms with Gasteiger partial charge >= 0.3 is 0 Å². The van der Waals surface area contributed by atoms with Crippen molar-refractivity contribution in [3.05, 3.63) is 0 Å². The molecule has 0 amide bonds. The molecule has 13 heavy (non-hydrogen) atoms. The van der Waals surface area contributed by atoms with Gasteiger partial charge in [0, 0.05) is 19.6 Å².